The molecule has 0 amide bonds. The average Bonchev–Trinajstić information content (AvgIpc) is 2.07. The molecule has 1 saturated carbocycles. The summed E-state index contributed by atoms with van der Waals surface area (Å²) >= 11 is 0. The Hall–Kier alpha value is -0.120. The Morgan fingerprint density at radius 1 is 1.20 bits per heavy atom. The largest absolute Gasteiger partial charge is 0.378 e. The summed E-state index contributed by atoms with van der Waals surface area (Å²) in [6, 6.07) is 1.60. The van der Waals surface area contributed by atoms with Crippen molar-refractivity contribution in [3.63, 3.8) is 0 Å². The van der Waals surface area contributed by atoms with Crippen molar-refractivity contribution < 1.29 is 4.74 Å². The van der Waals surface area contributed by atoms with Gasteiger partial charge in [-0.2, -0.15) is 0 Å². The quantitative estimate of drug-likeness (QED) is 0.717. The third kappa shape index (κ3) is 2.52. The Balaban J connectivity index is 1.74. The van der Waals surface area contributed by atoms with Crippen LogP contribution in [-0.2, 0) is 4.74 Å². The molecule has 0 bridgehead atoms. The standard InChI is InChI=1S/C12H24N2O/c1-3-5-14(11-8-13-9-11)10-6-12(7-10)15-4-2/h10-13H,3-9H2,1-2H3. The predicted molar refractivity (Wildman–Crippen MR) is 62.1 cm³/mol. The zero-order chi connectivity index (χ0) is 10.7. The molecule has 0 aromatic carbocycles. The lowest BCUT2D eigenvalue weighted by molar-refractivity contribution is -0.0632. The van der Waals surface area contributed by atoms with Gasteiger partial charge in [0.05, 0.1) is 6.10 Å². The van der Waals surface area contributed by atoms with Gasteiger partial charge in [0.1, 0.15) is 0 Å². The molecular formula is C12H24N2O. The van der Waals surface area contributed by atoms with Gasteiger partial charge in [-0.1, -0.05) is 6.92 Å². The molecule has 0 radical (unpaired) electrons. The minimum Gasteiger partial charge on any atom is -0.378 e. The van der Waals surface area contributed by atoms with E-state index in [4.69, 9.17) is 4.74 Å². The van der Waals surface area contributed by atoms with Gasteiger partial charge in [-0.15, -0.1) is 0 Å². The molecule has 3 nitrogen and oxygen atoms in total. The highest BCUT2D eigenvalue weighted by Crippen LogP contribution is 2.30. The van der Waals surface area contributed by atoms with E-state index in [0.717, 1.165) is 18.7 Å². The molecule has 3 heteroatoms. The van der Waals surface area contributed by atoms with Gasteiger partial charge in [0.2, 0.25) is 0 Å². The number of nitrogens with one attached hydrogen (secondary N) is 1. The highest BCUT2D eigenvalue weighted by molar-refractivity contribution is 4.95. The van der Waals surface area contributed by atoms with Crippen molar-refractivity contribution in [2.24, 2.45) is 0 Å². The Labute approximate surface area is 93.2 Å². The van der Waals surface area contributed by atoms with Crippen LogP contribution in [0.1, 0.15) is 33.1 Å². The Morgan fingerprint density at radius 2 is 1.93 bits per heavy atom. The zero-order valence-corrected chi connectivity index (χ0v) is 10.0. The molecule has 1 N–H and O–H groups in total. The summed E-state index contributed by atoms with van der Waals surface area (Å²) < 4.78 is 5.63. The Bertz CT molecular complexity index is 188. The molecule has 0 unspecified atom stereocenters. The molecule has 88 valence electrons. The first-order chi connectivity index (χ1) is 7.35. The van der Waals surface area contributed by atoms with E-state index < -0.39 is 0 Å². The highest BCUT2D eigenvalue weighted by Gasteiger charge is 2.38. The third-order valence-corrected chi connectivity index (χ3v) is 3.65. The molecule has 0 aromatic rings. The van der Waals surface area contributed by atoms with Gasteiger partial charge in [0, 0.05) is 31.8 Å². The van der Waals surface area contributed by atoms with E-state index in [-0.39, 0.29) is 0 Å². The minimum absolute atomic E-state index is 0.549. The Kier molecular flexibility index (Phi) is 4.00. The van der Waals surface area contributed by atoms with Crippen LogP contribution in [0.5, 0.6) is 0 Å². The molecule has 15 heavy (non-hydrogen) atoms. The second-order valence-corrected chi connectivity index (χ2v) is 4.75. The summed E-state index contributed by atoms with van der Waals surface area (Å²) in [5, 5.41) is 3.37. The van der Waals surface area contributed by atoms with E-state index in [9.17, 15) is 0 Å². The molecule has 1 aliphatic heterocycles. The first-order valence-corrected chi connectivity index (χ1v) is 6.43. The molecule has 2 aliphatic rings. The van der Waals surface area contributed by atoms with Gasteiger partial charge in [-0.3, -0.25) is 4.90 Å². The van der Waals surface area contributed by atoms with E-state index in [2.05, 4.69) is 24.1 Å². The number of hydrogen-bond acceptors (Lipinski definition) is 3. The van der Waals surface area contributed by atoms with E-state index in [1.165, 1.54) is 38.9 Å². The van der Waals surface area contributed by atoms with Crippen LogP contribution in [0.15, 0.2) is 0 Å². The summed E-state index contributed by atoms with van der Waals surface area (Å²) in [6.45, 7) is 8.88. The van der Waals surface area contributed by atoms with E-state index in [0.29, 0.717) is 6.10 Å². The first-order valence-electron chi connectivity index (χ1n) is 6.43. The normalized spacial score (nSPS) is 31.4. The second kappa shape index (κ2) is 5.28. The topological polar surface area (TPSA) is 24.5 Å². The fourth-order valence-electron chi connectivity index (χ4n) is 2.61. The van der Waals surface area contributed by atoms with Crippen LogP contribution < -0.4 is 5.32 Å². The summed E-state index contributed by atoms with van der Waals surface area (Å²) in [7, 11) is 0. The van der Waals surface area contributed by atoms with Gasteiger partial charge in [-0.05, 0) is 32.7 Å². The van der Waals surface area contributed by atoms with Crippen molar-refractivity contribution in [1.82, 2.24) is 10.2 Å². The van der Waals surface area contributed by atoms with Crippen LogP contribution in [0.2, 0.25) is 0 Å². The maximum atomic E-state index is 5.63. The molecule has 0 aromatic heterocycles. The SMILES string of the molecule is CCCN(C1CNC1)C1CC(OCC)C1. The number of nitrogens with zero attached hydrogens (tertiary/aromatic N) is 1. The second-order valence-electron chi connectivity index (χ2n) is 4.75. The average molecular weight is 212 g/mol. The summed E-state index contributed by atoms with van der Waals surface area (Å²) in [5.41, 5.74) is 0. The molecule has 1 heterocycles. The predicted octanol–water partition coefficient (Wildman–Crippen LogP) is 1.24. The smallest absolute Gasteiger partial charge is 0.0604 e. The van der Waals surface area contributed by atoms with Gasteiger partial charge >= 0.3 is 0 Å². The third-order valence-electron chi connectivity index (χ3n) is 3.65. The van der Waals surface area contributed by atoms with Crippen LogP contribution in [0.25, 0.3) is 0 Å². The van der Waals surface area contributed by atoms with Crippen molar-refractivity contribution in [3.8, 4) is 0 Å². The minimum atomic E-state index is 0.549. The van der Waals surface area contributed by atoms with Crippen molar-refractivity contribution in [2.45, 2.75) is 51.3 Å². The molecule has 0 atom stereocenters. The van der Waals surface area contributed by atoms with Crippen LogP contribution in [0.3, 0.4) is 0 Å². The van der Waals surface area contributed by atoms with E-state index in [1.54, 1.807) is 0 Å². The number of hydrogen-bond donors (Lipinski definition) is 1. The maximum Gasteiger partial charge on any atom is 0.0604 e. The molecule has 2 rings (SSSR count). The van der Waals surface area contributed by atoms with Crippen LogP contribution in [-0.4, -0.2) is 49.3 Å². The lowest BCUT2D eigenvalue weighted by Gasteiger charge is -2.49. The van der Waals surface area contributed by atoms with Gasteiger partial charge in [-0.25, -0.2) is 0 Å². The molecule has 1 aliphatic carbocycles. The summed E-state index contributed by atoms with van der Waals surface area (Å²) in [6.07, 6.45) is 4.33. The van der Waals surface area contributed by atoms with Crippen LogP contribution in [0.4, 0.5) is 0 Å². The monoisotopic (exact) mass is 212 g/mol. The van der Waals surface area contributed by atoms with Crippen LogP contribution >= 0.6 is 0 Å². The Morgan fingerprint density at radius 3 is 2.40 bits per heavy atom. The molecule has 1 saturated heterocycles. The number of ether oxygens (including phenoxy) is 1. The fourth-order valence-corrected chi connectivity index (χ4v) is 2.61. The lowest BCUT2D eigenvalue weighted by atomic mass is 9.86. The van der Waals surface area contributed by atoms with Crippen molar-refractivity contribution in [2.75, 3.05) is 26.2 Å². The summed E-state index contributed by atoms with van der Waals surface area (Å²) in [4.78, 5) is 2.70. The van der Waals surface area contributed by atoms with Crippen LogP contribution in [0, 0.1) is 0 Å². The van der Waals surface area contributed by atoms with E-state index >= 15 is 0 Å². The zero-order valence-electron chi connectivity index (χ0n) is 10.0. The number of rotatable bonds is 6. The van der Waals surface area contributed by atoms with E-state index in [1.807, 2.05) is 0 Å². The molecule has 0 spiro atoms. The van der Waals surface area contributed by atoms with Crippen molar-refractivity contribution >= 4 is 0 Å². The van der Waals surface area contributed by atoms with Crippen molar-refractivity contribution in [1.29, 1.82) is 0 Å². The maximum absolute atomic E-state index is 5.63. The molecular weight excluding hydrogens is 188 g/mol. The van der Waals surface area contributed by atoms with Crippen molar-refractivity contribution in [3.05, 3.63) is 0 Å². The fraction of sp³-hybridized carbons (Fsp3) is 1.00. The van der Waals surface area contributed by atoms with Gasteiger partial charge in [0.15, 0.2) is 0 Å². The first kappa shape index (κ1) is 11.4. The lowest BCUT2D eigenvalue weighted by Crippen LogP contribution is -2.63. The summed E-state index contributed by atoms with van der Waals surface area (Å²) in [5.74, 6) is 0. The van der Waals surface area contributed by atoms with Gasteiger partial charge in [0.25, 0.3) is 0 Å². The highest BCUT2D eigenvalue weighted by atomic mass is 16.5. The molecule has 2 fully saturated rings. The van der Waals surface area contributed by atoms with Gasteiger partial charge < -0.3 is 10.1 Å².